The highest BCUT2D eigenvalue weighted by molar-refractivity contribution is 9.10. The molecule has 5 nitrogen and oxygen atoms in total. The van der Waals surface area contributed by atoms with Crippen LogP contribution in [0.15, 0.2) is 39.7 Å². The van der Waals surface area contributed by atoms with Gasteiger partial charge in [-0.15, -0.1) is 5.10 Å². The number of halogens is 2. The van der Waals surface area contributed by atoms with Crippen molar-refractivity contribution in [1.29, 1.82) is 0 Å². The molecule has 0 saturated heterocycles. The van der Waals surface area contributed by atoms with Gasteiger partial charge in [-0.1, -0.05) is 39.7 Å². The lowest BCUT2D eigenvalue weighted by molar-refractivity contribution is 0.344. The molecule has 0 radical (unpaired) electrons. The molecule has 3 rings (SSSR count). The summed E-state index contributed by atoms with van der Waals surface area (Å²) in [7, 11) is 0. The molecule has 2 heterocycles. The first-order valence-electron chi connectivity index (χ1n) is 6.72. The fraction of sp³-hybridized carbons (Fsp3) is 0.267. The zero-order valence-electron chi connectivity index (χ0n) is 12.3. The Kier molecular flexibility index (Phi) is 3.61. The van der Waals surface area contributed by atoms with E-state index in [0.29, 0.717) is 11.3 Å². The van der Waals surface area contributed by atoms with E-state index in [2.05, 4.69) is 26.0 Å². The summed E-state index contributed by atoms with van der Waals surface area (Å²) in [5, 5.41) is 4.50. The van der Waals surface area contributed by atoms with Crippen molar-refractivity contribution in [2.75, 3.05) is 0 Å². The van der Waals surface area contributed by atoms with E-state index in [1.165, 1.54) is 9.08 Å². The molecular weight excluding hydrogens is 368 g/mol. The van der Waals surface area contributed by atoms with E-state index in [-0.39, 0.29) is 10.8 Å². The Labute approximate surface area is 140 Å². The minimum absolute atomic E-state index is 0.206. The zero-order chi connectivity index (χ0) is 16.1. The van der Waals surface area contributed by atoms with Crippen molar-refractivity contribution in [2.24, 2.45) is 0 Å². The molecule has 0 aliphatic carbocycles. The van der Waals surface area contributed by atoms with Crippen LogP contribution in [-0.2, 0) is 5.54 Å². The maximum atomic E-state index is 12.5. The van der Waals surface area contributed by atoms with Gasteiger partial charge in [0.05, 0.1) is 11.2 Å². The highest BCUT2D eigenvalue weighted by Crippen LogP contribution is 2.24. The van der Waals surface area contributed by atoms with Crippen molar-refractivity contribution in [2.45, 2.75) is 26.3 Å². The molecule has 3 aromatic rings. The lowest BCUT2D eigenvalue weighted by Gasteiger charge is -2.16. The number of hydrogen-bond donors (Lipinski definition) is 0. The summed E-state index contributed by atoms with van der Waals surface area (Å²) in [6.07, 6.45) is 1.67. The summed E-state index contributed by atoms with van der Waals surface area (Å²) in [5.74, 6) is 0. The van der Waals surface area contributed by atoms with Crippen molar-refractivity contribution >= 4 is 33.2 Å². The molecule has 0 unspecified atom stereocenters. The van der Waals surface area contributed by atoms with E-state index >= 15 is 0 Å². The highest BCUT2D eigenvalue weighted by atomic mass is 79.9. The predicted octanol–water partition coefficient (Wildman–Crippen LogP) is 3.73. The number of benzene rings is 1. The molecule has 2 aromatic heterocycles. The van der Waals surface area contributed by atoms with E-state index in [1.807, 2.05) is 45.0 Å². The molecule has 0 amide bonds. The monoisotopic (exact) mass is 380 g/mol. The second-order valence-corrected chi connectivity index (χ2v) is 7.26. The van der Waals surface area contributed by atoms with E-state index in [1.54, 1.807) is 6.20 Å². The van der Waals surface area contributed by atoms with Crippen LogP contribution in [0.3, 0.4) is 0 Å². The van der Waals surface area contributed by atoms with Crippen LogP contribution in [0.5, 0.6) is 0 Å². The fourth-order valence-electron chi connectivity index (χ4n) is 2.17. The van der Waals surface area contributed by atoms with Crippen molar-refractivity contribution in [3.8, 4) is 11.3 Å². The van der Waals surface area contributed by atoms with Crippen LogP contribution in [0, 0.1) is 0 Å². The summed E-state index contributed by atoms with van der Waals surface area (Å²) < 4.78 is 3.79. The Bertz CT molecular complexity index is 923. The van der Waals surface area contributed by atoms with Gasteiger partial charge in [-0.25, -0.2) is 18.9 Å². The Morgan fingerprint density at radius 2 is 2.00 bits per heavy atom. The van der Waals surface area contributed by atoms with Gasteiger partial charge in [0.25, 0.3) is 0 Å². The van der Waals surface area contributed by atoms with E-state index < -0.39 is 5.54 Å². The average molecular weight is 382 g/mol. The van der Waals surface area contributed by atoms with Gasteiger partial charge in [-0.2, -0.15) is 0 Å². The van der Waals surface area contributed by atoms with Crippen molar-refractivity contribution in [3.63, 3.8) is 0 Å². The number of rotatable bonds is 1. The number of aromatic nitrogens is 4. The van der Waals surface area contributed by atoms with E-state index in [9.17, 15) is 4.79 Å². The molecule has 0 N–H and O–H groups in total. The van der Waals surface area contributed by atoms with Gasteiger partial charge in [0.2, 0.25) is 0 Å². The van der Waals surface area contributed by atoms with E-state index in [0.717, 1.165) is 10.0 Å². The summed E-state index contributed by atoms with van der Waals surface area (Å²) in [6.45, 7) is 5.74. The first-order valence-corrected chi connectivity index (χ1v) is 7.89. The van der Waals surface area contributed by atoms with Crippen LogP contribution in [0.2, 0.25) is 5.15 Å². The molecule has 0 fully saturated rings. The van der Waals surface area contributed by atoms with Crippen molar-refractivity contribution in [1.82, 2.24) is 19.2 Å². The van der Waals surface area contributed by atoms with Crippen molar-refractivity contribution < 1.29 is 0 Å². The quantitative estimate of drug-likeness (QED) is 0.645. The maximum Gasteiger partial charge on any atom is 0.350 e. The molecule has 0 saturated carbocycles. The molecule has 0 bridgehead atoms. The summed E-state index contributed by atoms with van der Waals surface area (Å²) in [4.78, 5) is 16.9. The molecule has 0 spiro atoms. The Morgan fingerprint density at radius 1 is 1.27 bits per heavy atom. The van der Waals surface area contributed by atoms with Crippen molar-refractivity contribution in [3.05, 3.63) is 50.6 Å². The second kappa shape index (κ2) is 5.21. The third-order valence-corrected chi connectivity index (χ3v) is 3.97. The predicted molar refractivity (Wildman–Crippen MR) is 90.4 cm³/mol. The first kappa shape index (κ1) is 15.2. The lowest BCUT2D eigenvalue weighted by Crippen LogP contribution is -2.34. The van der Waals surface area contributed by atoms with Crippen LogP contribution in [-0.4, -0.2) is 19.2 Å². The normalized spacial score (nSPS) is 12.0. The summed E-state index contributed by atoms with van der Waals surface area (Å²) in [6, 6.07) is 7.66. The standard InChI is InChI=1S/C15H14BrClN4O/c1-15(2,3)21-14(22)20-8-11(18-12(17)13(20)19-21)9-5-4-6-10(16)7-9/h4-8H,1-3H3. The lowest BCUT2D eigenvalue weighted by atomic mass is 10.1. The number of hydrogen-bond acceptors (Lipinski definition) is 3. The Morgan fingerprint density at radius 3 is 2.64 bits per heavy atom. The molecule has 114 valence electrons. The Balaban J connectivity index is 2.29. The molecule has 22 heavy (non-hydrogen) atoms. The molecule has 0 aliphatic rings. The highest BCUT2D eigenvalue weighted by Gasteiger charge is 2.21. The van der Waals surface area contributed by atoms with Gasteiger partial charge in [0.1, 0.15) is 0 Å². The van der Waals surface area contributed by atoms with Gasteiger partial charge in [0.15, 0.2) is 10.8 Å². The maximum absolute atomic E-state index is 12.5. The molecule has 1 aromatic carbocycles. The van der Waals surface area contributed by atoms with Gasteiger partial charge >= 0.3 is 5.69 Å². The fourth-order valence-corrected chi connectivity index (χ4v) is 2.79. The third kappa shape index (κ3) is 2.57. The van der Waals surface area contributed by atoms with Gasteiger partial charge in [-0.3, -0.25) is 0 Å². The number of nitrogens with zero attached hydrogens (tertiary/aromatic N) is 4. The van der Waals surface area contributed by atoms with Gasteiger partial charge in [-0.05, 0) is 32.9 Å². The van der Waals surface area contributed by atoms with Crippen LogP contribution in [0.25, 0.3) is 16.9 Å². The van der Waals surface area contributed by atoms with E-state index in [4.69, 9.17) is 11.6 Å². The zero-order valence-corrected chi connectivity index (χ0v) is 14.7. The minimum atomic E-state index is -0.428. The van der Waals surface area contributed by atoms with Crippen LogP contribution >= 0.6 is 27.5 Å². The first-order chi connectivity index (χ1) is 10.3. The molecule has 0 atom stereocenters. The summed E-state index contributed by atoms with van der Waals surface area (Å²) >= 11 is 9.66. The molecule has 7 heteroatoms. The third-order valence-electron chi connectivity index (χ3n) is 3.22. The minimum Gasteiger partial charge on any atom is -0.246 e. The molecular formula is C15H14BrClN4O. The summed E-state index contributed by atoms with van der Waals surface area (Å²) in [5.41, 5.74) is 1.19. The Hall–Kier alpha value is -1.66. The second-order valence-electron chi connectivity index (χ2n) is 5.99. The van der Waals surface area contributed by atoms with Crippen LogP contribution < -0.4 is 5.69 Å². The number of fused-ring (bicyclic) bond motifs is 1. The van der Waals surface area contributed by atoms with Gasteiger partial charge in [0, 0.05) is 16.2 Å². The van der Waals surface area contributed by atoms with Crippen LogP contribution in [0.4, 0.5) is 0 Å². The van der Waals surface area contributed by atoms with Crippen LogP contribution in [0.1, 0.15) is 20.8 Å². The largest absolute Gasteiger partial charge is 0.350 e. The topological polar surface area (TPSA) is 52.2 Å². The SMILES string of the molecule is CC(C)(C)n1nc2c(Cl)nc(-c3cccc(Br)c3)cn2c1=O. The smallest absolute Gasteiger partial charge is 0.246 e. The molecule has 0 aliphatic heterocycles. The average Bonchev–Trinajstić information content (AvgIpc) is 2.77. The van der Waals surface area contributed by atoms with Gasteiger partial charge < -0.3 is 0 Å².